The zero-order valence-corrected chi connectivity index (χ0v) is 16.0. The van der Waals surface area contributed by atoms with Crippen LogP contribution in [-0.2, 0) is 21.4 Å². The summed E-state index contributed by atoms with van der Waals surface area (Å²) in [5.74, 6) is -0.225. The molecule has 2 aliphatic rings. The van der Waals surface area contributed by atoms with Gasteiger partial charge in [-0.2, -0.15) is 12.8 Å². The Morgan fingerprint density at radius 1 is 1.21 bits per heavy atom. The van der Waals surface area contributed by atoms with E-state index in [4.69, 9.17) is 4.74 Å². The molecule has 3 heterocycles. The Balaban J connectivity index is 1.69. The molecule has 28 heavy (non-hydrogen) atoms. The third kappa shape index (κ3) is 2.75. The number of benzene rings is 1. The van der Waals surface area contributed by atoms with E-state index < -0.39 is 22.0 Å². The van der Waals surface area contributed by atoms with Gasteiger partial charge in [0.25, 0.3) is 15.9 Å². The summed E-state index contributed by atoms with van der Waals surface area (Å²) >= 11 is 0. The van der Waals surface area contributed by atoms with Crippen LogP contribution >= 0.6 is 0 Å². The van der Waals surface area contributed by atoms with Crippen molar-refractivity contribution in [2.75, 3.05) is 7.11 Å². The maximum absolute atomic E-state index is 13.0. The molecule has 0 saturated heterocycles. The highest BCUT2D eigenvalue weighted by molar-refractivity contribution is 7.90. The molecule has 2 aromatic rings. The summed E-state index contributed by atoms with van der Waals surface area (Å²) in [7, 11) is -2.38. The number of methoxy groups -OCH3 is 1. The van der Waals surface area contributed by atoms with Gasteiger partial charge in [-0.3, -0.25) is 4.79 Å². The molecule has 0 saturated carbocycles. The van der Waals surface area contributed by atoms with Crippen molar-refractivity contribution in [2.24, 2.45) is 4.40 Å². The molecule has 1 amide bonds. The van der Waals surface area contributed by atoms with Gasteiger partial charge in [0.2, 0.25) is 5.88 Å². The summed E-state index contributed by atoms with van der Waals surface area (Å²) in [6.45, 7) is 1.87. The maximum atomic E-state index is 13.0. The number of aromatic nitrogens is 1. The number of rotatable bonds is 4. The van der Waals surface area contributed by atoms with E-state index in [1.165, 1.54) is 18.1 Å². The van der Waals surface area contributed by atoms with Gasteiger partial charge in [-0.15, -0.1) is 0 Å². The fourth-order valence-electron chi connectivity index (χ4n) is 3.32. The van der Waals surface area contributed by atoms with Crippen molar-refractivity contribution in [1.29, 1.82) is 0 Å². The second-order valence-electron chi connectivity index (χ2n) is 6.49. The number of aliphatic hydroxyl groups is 1. The summed E-state index contributed by atoms with van der Waals surface area (Å²) < 4.78 is 33.4. The van der Waals surface area contributed by atoms with E-state index in [0.717, 1.165) is 5.56 Å². The van der Waals surface area contributed by atoms with E-state index in [1.54, 1.807) is 43.5 Å². The summed E-state index contributed by atoms with van der Waals surface area (Å²) in [5.41, 5.74) is 0.969. The molecule has 9 heteroatoms. The van der Waals surface area contributed by atoms with Crippen LogP contribution in [0.3, 0.4) is 0 Å². The van der Waals surface area contributed by atoms with Crippen LogP contribution in [0.5, 0.6) is 5.88 Å². The van der Waals surface area contributed by atoms with Crippen LogP contribution in [0.15, 0.2) is 63.2 Å². The van der Waals surface area contributed by atoms with Crippen LogP contribution in [0.1, 0.15) is 18.1 Å². The summed E-state index contributed by atoms with van der Waals surface area (Å²) in [6, 6.07) is 9.09. The van der Waals surface area contributed by atoms with Gasteiger partial charge in [0.15, 0.2) is 0 Å². The van der Waals surface area contributed by atoms with Gasteiger partial charge < -0.3 is 14.7 Å². The number of carbonyl (C=O) groups is 1. The van der Waals surface area contributed by atoms with Crippen LogP contribution in [0.4, 0.5) is 0 Å². The first kappa shape index (κ1) is 18.2. The van der Waals surface area contributed by atoms with Crippen molar-refractivity contribution in [1.82, 2.24) is 9.88 Å². The molecule has 4 rings (SSSR count). The molecule has 0 spiro atoms. The van der Waals surface area contributed by atoms with E-state index in [9.17, 15) is 18.3 Å². The third-order valence-electron chi connectivity index (χ3n) is 4.82. The highest BCUT2D eigenvalue weighted by Crippen LogP contribution is 2.35. The third-order valence-corrected chi connectivity index (χ3v) is 6.16. The van der Waals surface area contributed by atoms with Gasteiger partial charge in [0.05, 0.1) is 18.0 Å². The number of hydrogen-bond acceptors (Lipinski definition) is 6. The standard InChI is InChI=1S/C19H17N3O5S/c1-11-18(23)16(17-13-5-3-4-6-14(13)28(25,26)21-17)19(24)22(11)10-12-7-8-15(27-2)20-9-12/h3-9,11,23H,10H2,1-2H3/t11-/m0/s1. The molecular formula is C19H17N3O5S. The maximum Gasteiger partial charge on any atom is 0.283 e. The number of sulfonamides is 1. The monoisotopic (exact) mass is 399 g/mol. The second-order valence-corrected chi connectivity index (χ2v) is 8.06. The first-order valence-electron chi connectivity index (χ1n) is 8.51. The van der Waals surface area contributed by atoms with Crippen LogP contribution in [0.2, 0.25) is 0 Å². The highest BCUT2D eigenvalue weighted by Gasteiger charge is 2.43. The lowest BCUT2D eigenvalue weighted by Crippen LogP contribution is -2.33. The number of amides is 1. The number of carbonyl (C=O) groups excluding carboxylic acids is 1. The molecule has 1 aromatic heterocycles. The average molecular weight is 399 g/mol. The Bertz CT molecular complexity index is 1140. The van der Waals surface area contributed by atoms with Crippen molar-refractivity contribution in [3.8, 4) is 5.88 Å². The Morgan fingerprint density at radius 3 is 2.64 bits per heavy atom. The first-order chi connectivity index (χ1) is 13.3. The number of ether oxygens (including phenoxy) is 1. The normalized spacial score (nSPS) is 20.4. The average Bonchev–Trinajstić information content (AvgIpc) is 3.07. The summed E-state index contributed by atoms with van der Waals surface area (Å²) in [5, 5.41) is 10.6. The van der Waals surface area contributed by atoms with Gasteiger partial charge in [0, 0.05) is 24.4 Å². The minimum atomic E-state index is -3.89. The first-order valence-corrected chi connectivity index (χ1v) is 9.95. The van der Waals surface area contributed by atoms with E-state index >= 15 is 0 Å². The van der Waals surface area contributed by atoms with Crippen LogP contribution in [0.25, 0.3) is 0 Å². The van der Waals surface area contributed by atoms with Crippen molar-refractivity contribution in [3.63, 3.8) is 0 Å². The lowest BCUT2D eigenvalue weighted by molar-refractivity contribution is -0.127. The molecule has 2 aliphatic heterocycles. The van der Waals surface area contributed by atoms with Crippen molar-refractivity contribution in [2.45, 2.75) is 24.4 Å². The van der Waals surface area contributed by atoms with Crippen LogP contribution in [-0.4, -0.2) is 48.2 Å². The predicted octanol–water partition coefficient (Wildman–Crippen LogP) is 1.82. The Hall–Kier alpha value is -3.20. The second kappa shape index (κ2) is 6.45. The Morgan fingerprint density at radius 2 is 1.96 bits per heavy atom. The SMILES string of the molecule is COc1ccc(CN2C(=O)C(C3=NS(=O)(=O)c4ccccc43)=C(O)[C@@H]2C)cn1. The molecule has 0 unspecified atom stereocenters. The van der Waals surface area contributed by atoms with Gasteiger partial charge in [-0.25, -0.2) is 4.98 Å². The smallest absolute Gasteiger partial charge is 0.283 e. The zero-order chi connectivity index (χ0) is 20.1. The molecule has 0 aliphatic carbocycles. The van der Waals surface area contributed by atoms with Gasteiger partial charge in [-0.1, -0.05) is 24.3 Å². The van der Waals surface area contributed by atoms with Crippen LogP contribution in [0, 0.1) is 0 Å². The predicted molar refractivity (Wildman–Crippen MR) is 101 cm³/mol. The molecule has 144 valence electrons. The minimum Gasteiger partial charge on any atom is -0.509 e. The van der Waals surface area contributed by atoms with Crippen molar-refractivity contribution in [3.05, 3.63) is 65.1 Å². The van der Waals surface area contributed by atoms with Crippen molar-refractivity contribution < 1.29 is 23.1 Å². The minimum absolute atomic E-state index is 0.0136. The van der Waals surface area contributed by atoms with Crippen molar-refractivity contribution >= 4 is 21.6 Å². The molecular weight excluding hydrogens is 382 g/mol. The molecule has 0 fully saturated rings. The summed E-state index contributed by atoms with van der Waals surface area (Å²) in [4.78, 5) is 18.6. The number of fused-ring (bicyclic) bond motifs is 1. The van der Waals surface area contributed by atoms with E-state index in [2.05, 4.69) is 9.38 Å². The fourth-order valence-corrected chi connectivity index (χ4v) is 4.55. The molecule has 1 N–H and O–H groups in total. The lowest BCUT2D eigenvalue weighted by Gasteiger charge is -2.22. The largest absolute Gasteiger partial charge is 0.509 e. The van der Waals surface area contributed by atoms with Crippen LogP contribution < -0.4 is 4.74 Å². The Labute approximate surface area is 161 Å². The topological polar surface area (TPSA) is 109 Å². The van der Waals surface area contributed by atoms with Gasteiger partial charge >= 0.3 is 0 Å². The van der Waals surface area contributed by atoms with E-state index in [0.29, 0.717) is 11.4 Å². The van der Waals surface area contributed by atoms with E-state index in [1.807, 2.05) is 0 Å². The van der Waals surface area contributed by atoms with Gasteiger partial charge in [-0.05, 0) is 18.6 Å². The zero-order valence-electron chi connectivity index (χ0n) is 15.2. The number of aliphatic hydroxyl groups excluding tert-OH is 1. The van der Waals surface area contributed by atoms with Gasteiger partial charge in [0.1, 0.15) is 17.0 Å². The molecule has 8 nitrogen and oxygen atoms in total. The quantitative estimate of drug-likeness (QED) is 0.840. The van der Waals surface area contributed by atoms with E-state index in [-0.39, 0.29) is 28.5 Å². The highest BCUT2D eigenvalue weighted by atomic mass is 32.2. The molecule has 1 aromatic carbocycles. The molecule has 0 radical (unpaired) electrons. The number of hydrogen-bond donors (Lipinski definition) is 1. The Kier molecular flexibility index (Phi) is 4.19. The lowest BCUT2D eigenvalue weighted by atomic mass is 10.0. The molecule has 0 bridgehead atoms. The molecule has 1 atom stereocenters. The summed E-state index contributed by atoms with van der Waals surface area (Å²) in [6.07, 6.45) is 1.58. The fraction of sp³-hybridized carbons (Fsp3) is 0.211. The number of pyridine rings is 1. The number of nitrogens with zero attached hydrogens (tertiary/aromatic N) is 3.